The Balaban J connectivity index is 1.94. The predicted octanol–water partition coefficient (Wildman–Crippen LogP) is 5.97. The van der Waals surface area contributed by atoms with Gasteiger partial charge in [-0.15, -0.1) is 0 Å². The van der Waals surface area contributed by atoms with Crippen molar-refractivity contribution in [2.75, 3.05) is 0 Å². The molecule has 0 spiro atoms. The summed E-state index contributed by atoms with van der Waals surface area (Å²) < 4.78 is 1.24. The van der Waals surface area contributed by atoms with Crippen molar-refractivity contribution in [2.45, 2.75) is 49.4 Å². The summed E-state index contributed by atoms with van der Waals surface area (Å²) >= 11 is 3.72. The van der Waals surface area contributed by atoms with E-state index in [4.69, 9.17) is 0 Å². The highest BCUT2D eigenvalue weighted by Crippen LogP contribution is 2.69. The fourth-order valence-electron chi connectivity index (χ4n) is 5.93. The molecule has 3 aliphatic carbocycles. The zero-order chi connectivity index (χ0) is 14.1. The number of halogens is 1. The first-order chi connectivity index (χ1) is 10.3. The molecule has 0 aromatic heterocycles. The average Bonchev–Trinajstić information content (AvgIpc) is 3.04. The van der Waals surface area contributed by atoms with Gasteiger partial charge in [0.25, 0.3) is 0 Å². The third kappa shape index (κ3) is 1.33. The summed E-state index contributed by atoms with van der Waals surface area (Å²) in [6, 6.07) is 16.2. The first-order valence-electron chi connectivity index (χ1n) is 8.17. The zero-order valence-corrected chi connectivity index (χ0v) is 13.7. The van der Waals surface area contributed by atoms with Gasteiger partial charge in [-0.25, -0.2) is 0 Å². The van der Waals surface area contributed by atoms with E-state index < -0.39 is 0 Å². The van der Waals surface area contributed by atoms with Crippen LogP contribution < -0.4 is 0 Å². The van der Waals surface area contributed by atoms with Crippen LogP contribution >= 0.6 is 15.9 Å². The van der Waals surface area contributed by atoms with Crippen molar-refractivity contribution in [3.63, 3.8) is 0 Å². The predicted molar refractivity (Wildman–Crippen MR) is 90.6 cm³/mol. The molecule has 2 saturated carbocycles. The molecule has 2 fully saturated rings. The highest BCUT2D eigenvalue weighted by atomic mass is 79.9. The third-order valence-electron chi connectivity index (χ3n) is 6.56. The molecular weight excluding hydrogens is 320 g/mol. The van der Waals surface area contributed by atoms with Crippen LogP contribution in [0.1, 0.15) is 49.7 Å². The van der Waals surface area contributed by atoms with E-state index in [1.165, 1.54) is 54.1 Å². The minimum atomic E-state index is 0.417. The summed E-state index contributed by atoms with van der Waals surface area (Å²) in [5, 5.41) is 0. The van der Waals surface area contributed by atoms with Crippen LogP contribution in [-0.4, -0.2) is 0 Å². The minimum Gasteiger partial charge on any atom is -0.0619 e. The molecule has 2 aromatic carbocycles. The molecule has 0 heterocycles. The van der Waals surface area contributed by atoms with Gasteiger partial charge in [0.05, 0.1) is 0 Å². The van der Waals surface area contributed by atoms with Crippen LogP contribution in [0.5, 0.6) is 0 Å². The lowest BCUT2D eigenvalue weighted by Crippen LogP contribution is -2.43. The molecule has 0 aliphatic heterocycles. The molecule has 21 heavy (non-hydrogen) atoms. The van der Waals surface area contributed by atoms with Gasteiger partial charge in [0.1, 0.15) is 0 Å². The topological polar surface area (TPSA) is 0 Å². The molecule has 5 rings (SSSR count). The number of hydrogen-bond acceptors (Lipinski definition) is 0. The largest absolute Gasteiger partial charge is 0.0619 e. The summed E-state index contributed by atoms with van der Waals surface area (Å²) in [4.78, 5) is 0. The average molecular weight is 339 g/mol. The van der Waals surface area contributed by atoms with E-state index in [1.54, 1.807) is 11.1 Å². The summed E-state index contributed by atoms with van der Waals surface area (Å²) in [6.07, 6.45) is 8.31. The summed E-state index contributed by atoms with van der Waals surface area (Å²) in [5.74, 6) is 0. The van der Waals surface area contributed by atoms with E-state index in [0.717, 1.165) is 0 Å². The van der Waals surface area contributed by atoms with E-state index in [0.29, 0.717) is 10.8 Å². The first kappa shape index (κ1) is 12.5. The molecule has 0 radical (unpaired) electrons. The van der Waals surface area contributed by atoms with Gasteiger partial charge in [-0.2, -0.15) is 0 Å². The molecule has 0 atom stereocenters. The molecule has 0 amide bonds. The lowest BCUT2D eigenvalue weighted by molar-refractivity contribution is 0.299. The monoisotopic (exact) mass is 338 g/mol. The van der Waals surface area contributed by atoms with Crippen LogP contribution in [-0.2, 0) is 10.8 Å². The van der Waals surface area contributed by atoms with E-state index >= 15 is 0 Å². The Morgan fingerprint density at radius 1 is 0.714 bits per heavy atom. The smallest absolute Gasteiger partial charge is 0.0178 e. The lowest BCUT2D eigenvalue weighted by Gasteiger charge is -2.47. The minimum absolute atomic E-state index is 0.417. The highest BCUT2D eigenvalue weighted by Gasteiger charge is 2.61. The number of hydrogen-bond donors (Lipinski definition) is 0. The maximum Gasteiger partial charge on any atom is 0.0178 e. The van der Waals surface area contributed by atoms with Crippen molar-refractivity contribution in [1.82, 2.24) is 0 Å². The van der Waals surface area contributed by atoms with Gasteiger partial charge < -0.3 is 0 Å². The standard InChI is InChI=1S/C20H19Br/c21-14-7-8-16-15-5-1-2-6-17(15)19-9-3-11-20(19,12-4-10-19)18(16)13-14/h1-2,5-8,13H,3-4,9-12H2/t19-,20+. The van der Waals surface area contributed by atoms with Crippen molar-refractivity contribution in [3.05, 3.63) is 58.1 Å². The van der Waals surface area contributed by atoms with Gasteiger partial charge in [-0.3, -0.25) is 0 Å². The maximum atomic E-state index is 3.72. The maximum absolute atomic E-state index is 3.72. The van der Waals surface area contributed by atoms with Gasteiger partial charge in [0, 0.05) is 15.3 Å². The van der Waals surface area contributed by atoms with Crippen molar-refractivity contribution < 1.29 is 0 Å². The second-order valence-corrected chi connectivity index (χ2v) is 8.02. The van der Waals surface area contributed by atoms with Crippen LogP contribution in [0.3, 0.4) is 0 Å². The zero-order valence-electron chi connectivity index (χ0n) is 12.2. The third-order valence-corrected chi connectivity index (χ3v) is 7.05. The SMILES string of the molecule is Brc1ccc2c(c1)[C@]13CCC[C@]1(CCC3)c1ccccc1-2. The molecule has 1 heteroatoms. The van der Waals surface area contributed by atoms with Crippen molar-refractivity contribution in [2.24, 2.45) is 0 Å². The Hall–Kier alpha value is -1.08. The Morgan fingerprint density at radius 2 is 1.33 bits per heavy atom. The fourth-order valence-corrected chi connectivity index (χ4v) is 6.29. The van der Waals surface area contributed by atoms with Crippen LogP contribution in [0.15, 0.2) is 46.9 Å². The number of benzene rings is 2. The second kappa shape index (κ2) is 4.01. The summed E-state index contributed by atoms with van der Waals surface area (Å²) in [7, 11) is 0. The first-order valence-corrected chi connectivity index (χ1v) is 8.96. The van der Waals surface area contributed by atoms with E-state index in [-0.39, 0.29) is 0 Å². The Labute approximate surface area is 134 Å². The Morgan fingerprint density at radius 3 is 2.10 bits per heavy atom. The fraction of sp³-hybridized carbons (Fsp3) is 0.400. The molecule has 0 N–H and O–H groups in total. The molecular formula is C20H19Br. The van der Waals surface area contributed by atoms with E-state index in [2.05, 4.69) is 58.4 Å². The highest BCUT2D eigenvalue weighted by molar-refractivity contribution is 9.10. The number of fused-ring (bicyclic) bond motifs is 3. The Kier molecular flexibility index (Phi) is 2.38. The molecule has 0 nitrogen and oxygen atoms in total. The molecule has 106 valence electrons. The van der Waals surface area contributed by atoms with Gasteiger partial charge >= 0.3 is 0 Å². The lowest BCUT2D eigenvalue weighted by atomic mass is 9.55. The van der Waals surface area contributed by atoms with Gasteiger partial charge in [0.15, 0.2) is 0 Å². The quantitative estimate of drug-likeness (QED) is 0.554. The van der Waals surface area contributed by atoms with Gasteiger partial charge in [-0.05, 0) is 60.1 Å². The van der Waals surface area contributed by atoms with Gasteiger partial charge in [0.2, 0.25) is 0 Å². The van der Waals surface area contributed by atoms with Crippen LogP contribution in [0.4, 0.5) is 0 Å². The van der Waals surface area contributed by atoms with Crippen LogP contribution in [0.2, 0.25) is 0 Å². The summed E-state index contributed by atoms with van der Waals surface area (Å²) in [5.41, 5.74) is 7.12. The second-order valence-electron chi connectivity index (χ2n) is 7.11. The molecule has 3 aliphatic rings. The van der Waals surface area contributed by atoms with Crippen LogP contribution in [0, 0.1) is 0 Å². The van der Waals surface area contributed by atoms with E-state index in [9.17, 15) is 0 Å². The van der Waals surface area contributed by atoms with Crippen molar-refractivity contribution in [3.8, 4) is 11.1 Å². The summed E-state index contributed by atoms with van der Waals surface area (Å²) in [6.45, 7) is 0. The Bertz CT molecular complexity index is 733. The van der Waals surface area contributed by atoms with E-state index in [1.807, 2.05) is 0 Å². The molecule has 2 aromatic rings. The molecule has 0 bridgehead atoms. The van der Waals surface area contributed by atoms with Gasteiger partial charge in [-0.1, -0.05) is 59.1 Å². The number of rotatable bonds is 0. The molecule has 0 saturated heterocycles. The molecule has 0 unspecified atom stereocenters. The van der Waals surface area contributed by atoms with Crippen molar-refractivity contribution >= 4 is 15.9 Å². The normalized spacial score (nSPS) is 32.2. The van der Waals surface area contributed by atoms with Crippen LogP contribution in [0.25, 0.3) is 11.1 Å². The van der Waals surface area contributed by atoms with Crippen molar-refractivity contribution in [1.29, 1.82) is 0 Å².